The van der Waals surface area contributed by atoms with Crippen LogP contribution in [0, 0.1) is 0 Å². The molecule has 0 radical (unpaired) electrons. The van der Waals surface area contributed by atoms with Gasteiger partial charge in [-0.3, -0.25) is 4.79 Å². The second kappa shape index (κ2) is 5.40. The van der Waals surface area contributed by atoms with Gasteiger partial charge in [0.05, 0.1) is 10.6 Å². The molecule has 0 aromatic carbocycles. The van der Waals surface area contributed by atoms with Crippen molar-refractivity contribution in [3.63, 3.8) is 0 Å². The van der Waals surface area contributed by atoms with E-state index in [1.54, 1.807) is 0 Å². The van der Waals surface area contributed by atoms with Crippen LogP contribution in [-0.2, 0) is 0 Å². The van der Waals surface area contributed by atoms with Crippen LogP contribution >= 0.6 is 23.1 Å². The Balaban J connectivity index is 2.23. The van der Waals surface area contributed by atoms with Gasteiger partial charge < -0.3 is 4.90 Å². The summed E-state index contributed by atoms with van der Waals surface area (Å²) in [5, 5.41) is 1.66. The number of aldehydes is 1. The summed E-state index contributed by atoms with van der Waals surface area (Å²) in [6, 6.07) is 0. The van der Waals surface area contributed by atoms with Gasteiger partial charge in [-0.05, 0) is 5.92 Å². The van der Waals surface area contributed by atoms with E-state index in [1.165, 1.54) is 11.3 Å². The molecule has 0 aliphatic carbocycles. The van der Waals surface area contributed by atoms with E-state index >= 15 is 0 Å². The first-order valence-corrected chi connectivity index (χ1v) is 7.80. The molecule has 0 spiro atoms. The highest BCUT2D eigenvalue weighted by Gasteiger charge is 2.22. The Morgan fingerprint density at radius 1 is 1.53 bits per heavy atom. The molecule has 1 aliphatic heterocycles. The van der Waals surface area contributed by atoms with Crippen molar-refractivity contribution in [1.82, 2.24) is 4.98 Å². The minimum atomic E-state index is 0.316. The Morgan fingerprint density at radius 3 is 2.82 bits per heavy atom. The summed E-state index contributed by atoms with van der Waals surface area (Å²) in [6.45, 7) is 8.49. The third kappa shape index (κ3) is 2.83. The first-order chi connectivity index (χ1) is 8.11. The minimum Gasteiger partial charge on any atom is -0.346 e. The van der Waals surface area contributed by atoms with Gasteiger partial charge in [-0.25, -0.2) is 4.98 Å². The van der Waals surface area contributed by atoms with Crippen molar-refractivity contribution in [3.8, 4) is 0 Å². The van der Waals surface area contributed by atoms with Crippen LogP contribution in [0.4, 0.5) is 5.13 Å². The number of hydrogen-bond acceptors (Lipinski definition) is 5. The molecule has 2 heterocycles. The summed E-state index contributed by atoms with van der Waals surface area (Å²) in [6.07, 6.45) is 0.943. The number of carbonyl (C=O) groups excluding carboxylic acids is 1. The smallest absolute Gasteiger partial charge is 0.186 e. The van der Waals surface area contributed by atoms with Gasteiger partial charge in [0.2, 0.25) is 0 Å². The molecular formula is C12H18N2OS2. The molecule has 94 valence electrons. The van der Waals surface area contributed by atoms with Crippen LogP contribution in [-0.4, -0.2) is 35.4 Å². The maximum absolute atomic E-state index is 11.0. The number of thiazole rings is 1. The Hall–Kier alpha value is -0.550. The molecule has 5 heteroatoms. The number of aromatic nitrogens is 1. The van der Waals surface area contributed by atoms with Gasteiger partial charge in [0.1, 0.15) is 0 Å². The van der Waals surface area contributed by atoms with Crippen LogP contribution in [0.25, 0.3) is 0 Å². The van der Waals surface area contributed by atoms with Gasteiger partial charge >= 0.3 is 0 Å². The van der Waals surface area contributed by atoms with Crippen LogP contribution in [0.2, 0.25) is 0 Å². The number of hydrogen-bond donors (Lipinski definition) is 0. The van der Waals surface area contributed by atoms with Crippen molar-refractivity contribution in [2.24, 2.45) is 0 Å². The van der Waals surface area contributed by atoms with Crippen molar-refractivity contribution in [2.45, 2.75) is 31.9 Å². The maximum Gasteiger partial charge on any atom is 0.186 e. The molecular weight excluding hydrogens is 252 g/mol. The fraction of sp³-hybridized carbons (Fsp3) is 0.667. The summed E-state index contributed by atoms with van der Waals surface area (Å²) in [5.41, 5.74) is 0.950. The lowest BCUT2D eigenvalue weighted by molar-refractivity contribution is 0.112. The molecule has 1 unspecified atom stereocenters. The van der Waals surface area contributed by atoms with Gasteiger partial charge in [-0.2, -0.15) is 11.8 Å². The monoisotopic (exact) mass is 270 g/mol. The first kappa shape index (κ1) is 12.9. The molecule has 0 saturated carbocycles. The molecule has 17 heavy (non-hydrogen) atoms. The van der Waals surface area contributed by atoms with Crippen molar-refractivity contribution >= 4 is 34.5 Å². The number of thioether (sulfide) groups is 1. The number of anilines is 1. The normalized spacial score (nSPS) is 20.9. The Morgan fingerprint density at radius 2 is 2.29 bits per heavy atom. The van der Waals surface area contributed by atoms with Gasteiger partial charge in [0.25, 0.3) is 0 Å². The van der Waals surface area contributed by atoms with Crippen molar-refractivity contribution in [1.29, 1.82) is 0 Å². The minimum absolute atomic E-state index is 0.316. The predicted octanol–water partition coefficient (Wildman–Crippen LogP) is 3.02. The average Bonchev–Trinajstić information content (AvgIpc) is 2.73. The SMILES string of the molecule is CC1CN(c2nc(C(C)C)c(C=O)s2)CCS1. The van der Waals surface area contributed by atoms with Crippen LogP contribution in [0.3, 0.4) is 0 Å². The maximum atomic E-state index is 11.0. The van der Waals surface area contributed by atoms with Crippen LogP contribution in [0.5, 0.6) is 0 Å². The van der Waals surface area contributed by atoms with E-state index in [2.05, 4.69) is 30.7 Å². The Kier molecular flexibility index (Phi) is 4.09. The van der Waals surface area contributed by atoms with E-state index in [0.29, 0.717) is 11.2 Å². The highest BCUT2D eigenvalue weighted by Crippen LogP contribution is 2.32. The summed E-state index contributed by atoms with van der Waals surface area (Å²) in [4.78, 5) is 18.8. The molecule has 1 aromatic heterocycles. The Labute approximate surface area is 111 Å². The zero-order chi connectivity index (χ0) is 12.4. The quantitative estimate of drug-likeness (QED) is 0.791. The lowest BCUT2D eigenvalue weighted by Crippen LogP contribution is -2.36. The molecule has 0 N–H and O–H groups in total. The first-order valence-electron chi connectivity index (χ1n) is 5.94. The largest absolute Gasteiger partial charge is 0.346 e. The van der Waals surface area contributed by atoms with Gasteiger partial charge in [-0.1, -0.05) is 32.1 Å². The zero-order valence-electron chi connectivity index (χ0n) is 10.5. The molecule has 3 nitrogen and oxygen atoms in total. The van der Waals surface area contributed by atoms with E-state index in [0.717, 1.165) is 40.8 Å². The Bertz CT molecular complexity index is 403. The molecule has 1 saturated heterocycles. The van der Waals surface area contributed by atoms with E-state index in [1.807, 2.05) is 11.8 Å². The number of nitrogens with zero attached hydrogens (tertiary/aromatic N) is 2. The molecule has 2 rings (SSSR count). The number of rotatable bonds is 3. The van der Waals surface area contributed by atoms with Gasteiger partial charge in [0, 0.05) is 24.1 Å². The van der Waals surface area contributed by atoms with Crippen LogP contribution in [0.1, 0.15) is 42.1 Å². The number of carbonyl (C=O) groups is 1. The van der Waals surface area contributed by atoms with Crippen molar-refractivity contribution in [3.05, 3.63) is 10.6 Å². The molecule has 1 atom stereocenters. The summed E-state index contributed by atoms with van der Waals surface area (Å²) < 4.78 is 0. The van der Waals surface area contributed by atoms with E-state index in [4.69, 9.17) is 0 Å². The topological polar surface area (TPSA) is 33.2 Å². The van der Waals surface area contributed by atoms with Crippen LogP contribution in [0.15, 0.2) is 0 Å². The predicted molar refractivity (Wildman–Crippen MR) is 75.7 cm³/mol. The average molecular weight is 270 g/mol. The molecule has 1 aliphatic rings. The van der Waals surface area contributed by atoms with E-state index in [9.17, 15) is 4.79 Å². The van der Waals surface area contributed by atoms with E-state index < -0.39 is 0 Å². The second-order valence-electron chi connectivity index (χ2n) is 4.65. The summed E-state index contributed by atoms with van der Waals surface area (Å²) in [5.74, 6) is 1.46. The lowest BCUT2D eigenvalue weighted by atomic mass is 10.1. The van der Waals surface area contributed by atoms with Gasteiger partial charge in [0.15, 0.2) is 11.4 Å². The molecule has 0 bridgehead atoms. The summed E-state index contributed by atoms with van der Waals surface area (Å²) >= 11 is 3.54. The van der Waals surface area contributed by atoms with Crippen molar-refractivity contribution in [2.75, 3.05) is 23.7 Å². The van der Waals surface area contributed by atoms with E-state index in [-0.39, 0.29) is 0 Å². The van der Waals surface area contributed by atoms with Crippen LogP contribution < -0.4 is 4.90 Å². The summed E-state index contributed by atoms with van der Waals surface area (Å²) in [7, 11) is 0. The van der Waals surface area contributed by atoms with Gasteiger partial charge in [-0.15, -0.1) is 0 Å². The molecule has 1 aromatic rings. The fourth-order valence-electron chi connectivity index (χ4n) is 1.96. The zero-order valence-corrected chi connectivity index (χ0v) is 12.1. The third-order valence-corrected chi connectivity index (χ3v) is 5.03. The lowest BCUT2D eigenvalue weighted by Gasteiger charge is -2.30. The second-order valence-corrected chi connectivity index (χ2v) is 7.20. The fourth-order valence-corrected chi connectivity index (χ4v) is 4.04. The molecule has 0 amide bonds. The highest BCUT2D eigenvalue weighted by molar-refractivity contribution is 8.00. The molecule has 1 fully saturated rings. The standard InChI is InChI=1S/C12H18N2OS2/c1-8(2)11-10(7-15)17-12(13-11)14-4-5-16-9(3)6-14/h7-9H,4-6H2,1-3H3. The third-order valence-electron chi connectivity index (χ3n) is 2.84. The highest BCUT2D eigenvalue weighted by atomic mass is 32.2. The van der Waals surface area contributed by atoms with Crippen molar-refractivity contribution < 1.29 is 4.79 Å².